The lowest BCUT2D eigenvalue weighted by atomic mass is 10.1. The van der Waals surface area contributed by atoms with Gasteiger partial charge in [0.25, 0.3) is 0 Å². The summed E-state index contributed by atoms with van der Waals surface area (Å²) < 4.78 is 5.62. The quantitative estimate of drug-likeness (QED) is 0.616. The van der Waals surface area contributed by atoms with Gasteiger partial charge >= 0.3 is 6.09 Å². The van der Waals surface area contributed by atoms with Gasteiger partial charge < -0.3 is 10.1 Å². The first-order valence-electron chi connectivity index (χ1n) is 10.5. The van der Waals surface area contributed by atoms with Crippen LogP contribution in [0, 0.1) is 0 Å². The van der Waals surface area contributed by atoms with E-state index in [0.29, 0.717) is 18.2 Å². The Hall–Kier alpha value is -3.48. The summed E-state index contributed by atoms with van der Waals surface area (Å²) in [5.41, 5.74) is 2.10. The fourth-order valence-electron chi connectivity index (χ4n) is 3.59. The second-order valence-corrected chi connectivity index (χ2v) is 8.56. The van der Waals surface area contributed by atoms with E-state index in [1.807, 2.05) is 69.3 Å². The van der Waals surface area contributed by atoms with Gasteiger partial charge in [-0.25, -0.2) is 14.8 Å². The Bertz CT molecular complexity index is 1030. The van der Waals surface area contributed by atoms with Gasteiger partial charge in [-0.05, 0) is 57.9 Å². The van der Waals surface area contributed by atoms with Crippen molar-refractivity contribution < 1.29 is 9.53 Å². The van der Waals surface area contributed by atoms with E-state index in [-0.39, 0.29) is 12.1 Å². The van der Waals surface area contributed by atoms with E-state index in [4.69, 9.17) is 14.7 Å². The average Bonchev–Trinajstić information content (AvgIpc) is 3.24. The summed E-state index contributed by atoms with van der Waals surface area (Å²) in [5.74, 6) is 1.29. The number of nitrogens with zero attached hydrogens (tertiary/aromatic N) is 4. The van der Waals surface area contributed by atoms with E-state index in [1.165, 1.54) is 0 Å². The zero-order valence-electron chi connectivity index (χ0n) is 18.1. The predicted octanol–water partition coefficient (Wildman–Crippen LogP) is 5.35. The number of amides is 1. The van der Waals surface area contributed by atoms with Gasteiger partial charge in [-0.2, -0.15) is 0 Å². The smallest absolute Gasteiger partial charge is 0.410 e. The van der Waals surface area contributed by atoms with Crippen LogP contribution in [0.1, 0.15) is 45.5 Å². The van der Waals surface area contributed by atoms with Gasteiger partial charge in [0.05, 0.1) is 11.7 Å². The summed E-state index contributed by atoms with van der Waals surface area (Å²) in [6, 6.07) is 15.4. The molecule has 1 aromatic carbocycles. The molecule has 7 nitrogen and oxygen atoms in total. The third-order valence-corrected chi connectivity index (χ3v) is 4.94. The van der Waals surface area contributed by atoms with E-state index < -0.39 is 5.60 Å². The van der Waals surface area contributed by atoms with E-state index in [1.54, 1.807) is 17.3 Å². The van der Waals surface area contributed by atoms with Crippen LogP contribution < -0.4 is 5.32 Å². The summed E-state index contributed by atoms with van der Waals surface area (Å²) in [7, 11) is 0. The lowest BCUT2D eigenvalue weighted by molar-refractivity contribution is 0.0218. The van der Waals surface area contributed by atoms with E-state index in [2.05, 4.69) is 10.3 Å². The fraction of sp³-hybridized carbons (Fsp3) is 0.333. The minimum absolute atomic E-state index is 0.229. The van der Waals surface area contributed by atoms with Crippen molar-refractivity contribution in [2.45, 2.75) is 45.3 Å². The maximum atomic E-state index is 12.8. The van der Waals surface area contributed by atoms with Crippen LogP contribution in [0.15, 0.2) is 60.9 Å². The van der Waals surface area contributed by atoms with Crippen LogP contribution in [0.5, 0.6) is 0 Å². The number of pyridine rings is 1. The molecule has 1 amide bonds. The third kappa shape index (κ3) is 5.17. The minimum Gasteiger partial charge on any atom is -0.444 e. The number of rotatable bonds is 4. The van der Waals surface area contributed by atoms with Crippen molar-refractivity contribution in [3.8, 4) is 11.3 Å². The van der Waals surface area contributed by atoms with Crippen molar-refractivity contribution in [1.82, 2.24) is 19.9 Å². The van der Waals surface area contributed by atoms with Gasteiger partial charge in [0.15, 0.2) is 5.82 Å². The molecule has 3 aromatic rings. The molecule has 1 saturated heterocycles. The number of nitrogens with one attached hydrogen (secondary N) is 1. The molecule has 160 valence electrons. The molecule has 1 atom stereocenters. The molecule has 0 saturated carbocycles. The molecular formula is C24H27N5O2. The first-order chi connectivity index (χ1) is 14.9. The van der Waals surface area contributed by atoms with Gasteiger partial charge in [0.1, 0.15) is 11.4 Å². The lowest BCUT2D eigenvalue weighted by Gasteiger charge is -2.28. The standard InChI is InChI=1S/C24H27N5O2/c1-24(2,3)31-23(30)29-15-7-10-20(29)22-27-19(17-11-13-25-14-12-17)16-21(28-22)26-18-8-5-4-6-9-18/h4-6,8-9,11-14,16,20H,7,10,15H2,1-3H3,(H,26,27,28). The minimum atomic E-state index is -0.552. The number of hydrogen-bond donors (Lipinski definition) is 1. The number of hydrogen-bond acceptors (Lipinski definition) is 6. The van der Waals surface area contributed by atoms with Gasteiger partial charge in [-0.3, -0.25) is 9.88 Å². The Balaban J connectivity index is 1.70. The highest BCUT2D eigenvalue weighted by atomic mass is 16.6. The number of para-hydroxylation sites is 1. The molecule has 1 aliphatic rings. The van der Waals surface area contributed by atoms with Crippen LogP contribution in [0.4, 0.5) is 16.3 Å². The Morgan fingerprint density at radius 3 is 2.55 bits per heavy atom. The molecule has 1 unspecified atom stereocenters. The zero-order chi connectivity index (χ0) is 21.8. The normalized spacial score (nSPS) is 16.2. The number of anilines is 2. The van der Waals surface area contributed by atoms with Gasteiger partial charge in [0.2, 0.25) is 0 Å². The summed E-state index contributed by atoms with van der Waals surface area (Å²) >= 11 is 0. The molecule has 1 fully saturated rings. The number of aromatic nitrogens is 3. The van der Waals surface area contributed by atoms with Crippen LogP contribution in [0.25, 0.3) is 11.3 Å². The summed E-state index contributed by atoms with van der Waals surface area (Å²) in [6.45, 7) is 6.25. The predicted molar refractivity (Wildman–Crippen MR) is 120 cm³/mol. The Labute approximate surface area is 182 Å². The van der Waals surface area contributed by atoms with E-state index in [9.17, 15) is 4.79 Å². The van der Waals surface area contributed by atoms with Crippen molar-refractivity contribution in [1.29, 1.82) is 0 Å². The van der Waals surface area contributed by atoms with Crippen molar-refractivity contribution in [2.24, 2.45) is 0 Å². The summed E-state index contributed by atoms with van der Waals surface area (Å²) in [4.78, 5) is 28.2. The van der Waals surface area contributed by atoms with E-state index >= 15 is 0 Å². The van der Waals surface area contributed by atoms with Crippen LogP contribution in [0.3, 0.4) is 0 Å². The van der Waals surface area contributed by atoms with Crippen molar-refractivity contribution in [3.63, 3.8) is 0 Å². The number of ether oxygens (including phenoxy) is 1. The van der Waals surface area contributed by atoms with Gasteiger partial charge in [-0.15, -0.1) is 0 Å². The Morgan fingerprint density at radius 1 is 1.10 bits per heavy atom. The largest absolute Gasteiger partial charge is 0.444 e. The molecule has 0 radical (unpaired) electrons. The molecule has 0 spiro atoms. The highest BCUT2D eigenvalue weighted by Crippen LogP contribution is 2.33. The maximum absolute atomic E-state index is 12.8. The molecule has 4 rings (SSSR count). The Kier molecular flexibility index (Phi) is 5.84. The number of carbonyl (C=O) groups is 1. The first-order valence-corrected chi connectivity index (χ1v) is 10.5. The van der Waals surface area contributed by atoms with E-state index in [0.717, 1.165) is 29.8 Å². The molecular weight excluding hydrogens is 390 g/mol. The zero-order valence-corrected chi connectivity index (χ0v) is 18.1. The number of benzene rings is 1. The molecule has 2 aromatic heterocycles. The molecule has 31 heavy (non-hydrogen) atoms. The molecule has 0 bridgehead atoms. The topological polar surface area (TPSA) is 80.2 Å². The maximum Gasteiger partial charge on any atom is 0.410 e. The lowest BCUT2D eigenvalue weighted by Crippen LogP contribution is -2.37. The van der Waals surface area contributed by atoms with Gasteiger partial charge in [-0.1, -0.05) is 18.2 Å². The Morgan fingerprint density at radius 2 is 1.84 bits per heavy atom. The van der Waals surface area contributed by atoms with Crippen LogP contribution in [-0.2, 0) is 4.74 Å². The summed E-state index contributed by atoms with van der Waals surface area (Å²) in [6.07, 6.45) is 4.83. The monoisotopic (exact) mass is 417 g/mol. The highest BCUT2D eigenvalue weighted by molar-refractivity contribution is 5.70. The second-order valence-electron chi connectivity index (χ2n) is 8.56. The van der Waals surface area contributed by atoms with Crippen LogP contribution in [0.2, 0.25) is 0 Å². The average molecular weight is 418 g/mol. The molecule has 3 heterocycles. The van der Waals surface area contributed by atoms with Gasteiger partial charge in [0, 0.05) is 36.3 Å². The first kappa shape index (κ1) is 20.8. The third-order valence-electron chi connectivity index (χ3n) is 4.94. The number of likely N-dealkylation sites (tertiary alicyclic amines) is 1. The number of carbonyl (C=O) groups excluding carboxylic acids is 1. The molecule has 0 aliphatic carbocycles. The molecule has 1 aliphatic heterocycles. The molecule has 1 N–H and O–H groups in total. The van der Waals surface area contributed by atoms with Crippen LogP contribution >= 0.6 is 0 Å². The molecule has 7 heteroatoms. The van der Waals surface area contributed by atoms with Crippen molar-refractivity contribution in [2.75, 3.05) is 11.9 Å². The van der Waals surface area contributed by atoms with Crippen LogP contribution in [-0.4, -0.2) is 38.1 Å². The van der Waals surface area contributed by atoms with Crippen molar-refractivity contribution >= 4 is 17.6 Å². The second kappa shape index (κ2) is 8.71. The highest BCUT2D eigenvalue weighted by Gasteiger charge is 2.35. The summed E-state index contributed by atoms with van der Waals surface area (Å²) in [5, 5.41) is 3.36. The SMILES string of the molecule is CC(C)(C)OC(=O)N1CCCC1c1nc(Nc2ccccc2)cc(-c2ccncc2)n1. The fourth-order valence-corrected chi connectivity index (χ4v) is 3.59. The van der Waals surface area contributed by atoms with Crippen molar-refractivity contribution in [3.05, 3.63) is 66.7 Å².